The molecule has 1 atom stereocenters. The van der Waals surface area contributed by atoms with E-state index in [-0.39, 0.29) is 31.0 Å². The van der Waals surface area contributed by atoms with Crippen molar-refractivity contribution >= 4 is 18.3 Å². The summed E-state index contributed by atoms with van der Waals surface area (Å²) in [7, 11) is 0. The number of rotatable bonds is 6. The van der Waals surface area contributed by atoms with Gasteiger partial charge in [-0.1, -0.05) is 0 Å². The van der Waals surface area contributed by atoms with Crippen molar-refractivity contribution in [2.45, 2.75) is 31.5 Å². The molecule has 2 aliphatic heterocycles. The van der Waals surface area contributed by atoms with Crippen LogP contribution >= 0.6 is 12.4 Å². The van der Waals surface area contributed by atoms with Gasteiger partial charge in [0.25, 0.3) is 0 Å². The third-order valence-electron chi connectivity index (χ3n) is 4.07. The van der Waals surface area contributed by atoms with Crippen molar-refractivity contribution in [3.8, 4) is 0 Å². The molecule has 9 heteroatoms. The van der Waals surface area contributed by atoms with Crippen molar-refractivity contribution in [1.29, 1.82) is 0 Å². The fourth-order valence-electron chi connectivity index (χ4n) is 2.89. The maximum Gasteiger partial charge on any atom is 0.411 e. The minimum atomic E-state index is -4.25. The van der Waals surface area contributed by atoms with Crippen LogP contribution in [0.3, 0.4) is 0 Å². The van der Waals surface area contributed by atoms with Crippen LogP contribution in [0.5, 0.6) is 0 Å². The summed E-state index contributed by atoms with van der Waals surface area (Å²) in [5, 5.41) is 3.21. The van der Waals surface area contributed by atoms with Crippen molar-refractivity contribution in [2.75, 3.05) is 52.5 Å². The van der Waals surface area contributed by atoms with Gasteiger partial charge in [0.15, 0.2) is 0 Å². The Kier molecular flexibility index (Phi) is 8.60. The van der Waals surface area contributed by atoms with Crippen LogP contribution in [0.1, 0.15) is 19.3 Å². The van der Waals surface area contributed by atoms with Crippen molar-refractivity contribution in [3.05, 3.63) is 0 Å². The Morgan fingerprint density at radius 2 is 1.91 bits per heavy atom. The molecule has 2 aliphatic rings. The van der Waals surface area contributed by atoms with E-state index in [1.165, 1.54) is 0 Å². The Bertz CT molecular complexity index is 358. The third kappa shape index (κ3) is 7.24. The zero-order valence-corrected chi connectivity index (χ0v) is 13.9. The van der Waals surface area contributed by atoms with Crippen LogP contribution in [0.2, 0.25) is 0 Å². The highest BCUT2D eigenvalue weighted by Crippen LogP contribution is 2.14. The molecule has 2 heterocycles. The fourth-order valence-corrected chi connectivity index (χ4v) is 2.89. The molecule has 0 radical (unpaired) electrons. The molecule has 1 amide bonds. The fraction of sp³-hybridized carbons (Fsp3) is 0.929. The van der Waals surface area contributed by atoms with Crippen LogP contribution in [0.25, 0.3) is 0 Å². The number of hydrogen-bond donors (Lipinski definition) is 1. The van der Waals surface area contributed by atoms with Gasteiger partial charge in [-0.15, -0.1) is 12.4 Å². The topological polar surface area (TPSA) is 44.8 Å². The smallest absolute Gasteiger partial charge is 0.372 e. The molecular formula is C14H25ClF3N3O2. The van der Waals surface area contributed by atoms with Crippen molar-refractivity contribution in [2.24, 2.45) is 0 Å². The van der Waals surface area contributed by atoms with E-state index in [9.17, 15) is 18.0 Å². The molecule has 2 fully saturated rings. The lowest BCUT2D eigenvalue weighted by molar-refractivity contribution is -0.174. The van der Waals surface area contributed by atoms with Gasteiger partial charge in [0.2, 0.25) is 5.91 Å². The Hall–Kier alpha value is -0.570. The second-order valence-electron chi connectivity index (χ2n) is 5.84. The van der Waals surface area contributed by atoms with Crippen molar-refractivity contribution in [3.63, 3.8) is 0 Å². The number of amides is 1. The van der Waals surface area contributed by atoms with E-state index < -0.39 is 12.8 Å². The summed E-state index contributed by atoms with van der Waals surface area (Å²) in [5.74, 6) is 0.186. The van der Waals surface area contributed by atoms with Gasteiger partial charge < -0.3 is 15.0 Å². The molecule has 2 rings (SSSR count). The number of nitrogens with one attached hydrogen (secondary N) is 1. The van der Waals surface area contributed by atoms with Crippen LogP contribution in [0.15, 0.2) is 0 Å². The number of halogens is 4. The molecule has 136 valence electrons. The van der Waals surface area contributed by atoms with E-state index in [4.69, 9.17) is 0 Å². The Morgan fingerprint density at radius 3 is 2.48 bits per heavy atom. The summed E-state index contributed by atoms with van der Waals surface area (Å²) in [6.45, 7) is 3.50. The summed E-state index contributed by atoms with van der Waals surface area (Å²) in [6, 6.07) is -0.0256. The van der Waals surface area contributed by atoms with E-state index in [0.29, 0.717) is 26.1 Å². The lowest BCUT2D eigenvalue weighted by Crippen LogP contribution is -2.53. The van der Waals surface area contributed by atoms with E-state index in [0.717, 1.165) is 32.5 Å². The molecule has 0 bridgehead atoms. The van der Waals surface area contributed by atoms with Gasteiger partial charge in [-0.2, -0.15) is 13.2 Å². The molecule has 0 aromatic heterocycles. The Balaban J connectivity index is 0.00000264. The summed E-state index contributed by atoms with van der Waals surface area (Å²) >= 11 is 0. The lowest BCUT2D eigenvalue weighted by Gasteiger charge is -2.36. The predicted molar refractivity (Wildman–Crippen MR) is 82.8 cm³/mol. The molecule has 0 aromatic rings. The van der Waals surface area contributed by atoms with Crippen LogP contribution in [0.4, 0.5) is 13.2 Å². The number of ether oxygens (including phenoxy) is 1. The minimum absolute atomic E-state index is 0. The first-order chi connectivity index (χ1) is 10.5. The molecule has 0 aromatic carbocycles. The van der Waals surface area contributed by atoms with Crippen LogP contribution in [0, 0.1) is 0 Å². The van der Waals surface area contributed by atoms with Gasteiger partial charge in [0.1, 0.15) is 6.61 Å². The standard InChI is InChI=1S/C14H24F3N3O2.ClH/c15-14(16,17)11-22-10-2-5-19-6-8-20(9-7-19)13(21)12-3-1-4-18-12;/h12,18H,1-11H2;1H. The van der Waals surface area contributed by atoms with Crippen LogP contribution < -0.4 is 5.32 Å². The predicted octanol–water partition coefficient (Wildman–Crippen LogP) is 1.27. The number of piperazine rings is 1. The first-order valence-electron chi connectivity index (χ1n) is 7.85. The summed E-state index contributed by atoms with van der Waals surface area (Å²) in [5.41, 5.74) is 0. The quantitative estimate of drug-likeness (QED) is 0.726. The Morgan fingerprint density at radius 1 is 1.22 bits per heavy atom. The van der Waals surface area contributed by atoms with E-state index in [1.807, 2.05) is 4.90 Å². The van der Waals surface area contributed by atoms with Gasteiger partial charge in [0, 0.05) is 39.3 Å². The van der Waals surface area contributed by atoms with E-state index >= 15 is 0 Å². The number of nitrogens with zero attached hydrogens (tertiary/aromatic N) is 2. The highest BCUT2D eigenvalue weighted by atomic mass is 35.5. The van der Waals surface area contributed by atoms with Gasteiger partial charge in [0.05, 0.1) is 6.04 Å². The molecular weight excluding hydrogens is 335 g/mol. The summed E-state index contributed by atoms with van der Waals surface area (Å²) in [4.78, 5) is 16.3. The number of carbonyl (C=O) groups excluding carboxylic acids is 1. The average Bonchev–Trinajstić information content (AvgIpc) is 3.00. The largest absolute Gasteiger partial charge is 0.411 e. The van der Waals surface area contributed by atoms with Crippen molar-refractivity contribution in [1.82, 2.24) is 15.1 Å². The third-order valence-corrected chi connectivity index (χ3v) is 4.07. The molecule has 2 saturated heterocycles. The maximum absolute atomic E-state index is 12.2. The van der Waals surface area contributed by atoms with E-state index in [1.54, 1.807) is 0 Å². The van der Waals surface area contributed by atoms with Crippen molar-refractivity contribution < 1.29 is 22.7 Å². The second kappa shape index (κ2) is 9.66. The normalized spacial score (nSPS) is 22.9. The monoisotopic (exact) mass is 359 g/mol. The first kappa shape index (κ1) is 20.5. The van der Waals surface area contributed by atoms with Crippen LogP contribution in [-0.4, -0.2) is 80.4 Å². The molecule has 0 spiro atoms. The average molecular weight is 360 g/mol. The highest BCUT2D eigenvalue weighted by Gasteiger charge is 2.29. The summed E-state index contributed by atoms with van der Waals surface area (Å²) in [6.07, 6.45) is -1.71. The molecule has 1 N–H and O–H groups in total. The molecule has 5 nitrogen and oxygen atoms in total. The molecule has 1 unspecified atom stereocenters. The second-order valence-corrected chi connectivity index (χ2v) is 5.84. The zero-order chi connectivity index (χ0) is 16.0. The number of hydrogen-bond acceptors (Lipinski definition) is 4. The van der Waals surface area contributed by atoms with Gasteiger partial charge in [-0.25, -0.2) is 0 Å². The molecule has 0 saturated carbocycles. The zero-order valence-electron chi connectivity index (χ0n) is 13.1. The maximum atomic E-state index is 12.2. The lowest BCUT2D eigenvalue weighted by atomic mass is 10.2. The number of alkyl halides is 3. The first-order valence-corrected chi connectivity index (χ1v) is 7.85. The summed E-state index contributed by atoms with van der Waals surface area (Å²) < 4.78 is 40.3. The molecule has 0 aliphatic carbocycles. The van der Waals surface area contributed by atoms with Crippen LogP contribution in [-0.2, 0) is 9.53 Å². The number of carbonyl (C=O) groups is 1. The Labute approximate surface area is 140 Å². The van der Waals surface area contributed by atoms with Gasteiger partial charge in [-0.3, -0.25) is 9.69 Å². The minimum Gasteiger partial charge on any atom is -0.372 e. The highest BCUT2D eigenvalue weighted by molar-refractivity contribution is 5.85. The SMILES string of the molecule is Cl.O=C(C1CCCN1)N1CCN(CCCOCC(F)(F)F)CC1. The van der Waals surface area contributed by atoms with Gasteiger partial charge >= 0.3 is 6.18 Å². The van der Waals surface area contributed by atoms with Gasteiger partial charge in [-0.05, 0) is 25.8 Å². The molecule has 23 heavy (non-hydrogen) atoms. The van der Waals surface area contributed by atoms with E-state index in [2.05, 4.69) is 15.0 Å².